The van der Waals surface area contributed by atoms with Crippen molar-refractivity contribution < 1.29 is 0 Å². The quantitative estimate of drug-likeness (QED) is 0.780. The van der Waals surface area contributed by atoms with Gasteiger partial charge in [0.1, 0.15) is 0 Å². The average molecular weight is 269 g/mol. The van der Waals surface area contributed by atoms with Gasteiger partial charge in [-0.2, -0.15) is 0 Å². The molecule has 0 spiro atoms. The molecule has 1 atom stereocenters. The maximum atomic E-state index is 4.77. The van der Waals surface area contributed by atoms with Crippen LogP contribution < -0.4 is 10.2 Å². The van der Waals surface area contributed by atoms with E-state index in [0.717, 1.165) is 31.2 Å². The Kier molecular flexibility index (Phi) is 6.65. The van der Waals surface area contributed by atoms with Crippen molar-refractivity contribution in [2.75, 3.05) is 24.5 Å². The molecule has 18 heavy (non-hydrogen) atoms. The normalized spacial score (nSPS) is 13.0. The van der Waals surface area contributed by atoms with Gasteiger partial charge < -0.3 is 10.2 Å². The average Bonchev–Trinajstić information content (AvgIpc) is 2.82. The third-order valence-corrected chi connectivity index (χ3v) is 3.81. The van der Waals surface area contributed by atoms with E-state index < -0.39 is 0 Å². The Hall–Kier alpha value is -0.610. The third-order valence-electron chi connectivity index (χ3n) is 2.89. The van der Waals surface area contributed by atoms with Crippen LogP contribution in [0.25, 0.3) is 0 Å². The first-order valence-electron chi connectivity index (χ1n) is 7.02. The highest BCUT2D eigenvalue weighted by molar-refractivity contribution is 7.13. The van der Waals surface area contributed by atoms with Crippen molar-refractivity contribution in [1.29, 1.82) is 0 Å². The summed E-state index contributed by atoms with van der Waals surface area (Å²) in [4.78, 5) is 7.14. The van der Waals surface area contributed by atoms with Crippen molar-refractivity contribution in [3.8, 4) is 0 Å². The SMILES string of the molecule is CCCNC(C)c1csc(N(CC)CC(C)C)n1. The number of aromatic nitrogens is 1. The molecule has 0 aromatic carbocycles. The van der Waals surface area contributed by atoms with Crippen molar-refractivity contribution in [3.05, 3.63) is 11.1 Å². The zero-order chi connectivity index (χ0) is 13.5. The number of hydrogen-bond donors (Lipinski definition) is 1. The number of thiazole rings is 1. The summed E-state index contributed by atoms with van der Waals surface area (Å²) < 4.78 is 0. The van der Waals surface area contributed by atoms with Crippen LogP contribution in [-0.2, 0) is 0 Å². The molecule has 1 rings (SSSR count). The Morgan fingerprint density at radius 1 is 1.33 bits per heavy atom. The highest BCUT2D eigenvalue weighted by Crippen LogP contribution is 2.24. The van der Waals surface area contributed by atoms with Crippen molar-refractivity contribution in [2.24, 2.45) is 5.92 Å². The van der Waals surface area contributed by atoms with Gasteiger partial charge in [-0.1, -0.05) is 20.8 Å². The van der Waals surface area contributed by atoms with Crippen LogP contribution in [0.1, 0.15) is 52.8 Å². The van der Waals surface area contributed by atoms with Gasteiger partial charge in [0.05, 0.1) is 5.69 Å². The first-order valence-corrected chi connectivity index (χ1v) is 7.90. The van der Waals surface area contributed by atoms with E-state index in [9.17, 15) is 0 Å². The van der Waals surface area contributed by atoms with Crippen LogP contribution >= 0.6 is 11.3 Å². The van der Waals surface area contributed by atoms with E-state index in [0.29, 0.717) is 12.0 Å². The third kappa shape index (κ3) is 4.58. The van der Waals surface area contributed by atoms with Crippen molar-refractivity contribution in [3.63, 3.8) is 0 Å². The topological polar surface area (TPSA) is 28.2 Å². The van der Waals surface area contributed by atoms with E-state index in [1.54, 1.807) is 11.3 Å². The molecule has 1 aromatic rings. The van der Waals surface area contributed by atoms with E-state index in [-0.39, 0.29) is 0 Å². The Morgan fingerprint density at radius 2 is 2.06 bits per heavy atom. The Morgan fingerprint density at radius 3 is 2.61 bits per heavy atom. The van der Waals surface area contributed by atoms with Gasteiger partial charge in [-0.15, -0.1) is 11.3 Å². The summed E-state index contributed by atoms with van der Waals surface area (Å²) in [5, 5.41) is 6.83. The fourth-order valence-corrected chi connectivity index (χ4v) is 2.86. The maximum Gasteiger partial charge on any atom is 0.185 e. The lowest BCUT2D eigenvalue weighted by Gasteiger charge is -2.22. The summed E-state index contributed by atoms with van der Waals surface area (Å²) in [7, 11) is 0. The smallest absolute Gasteiger partial charge is 0.185 e. The molecule has 0 radical (unpaired) electrons. The summed E-state index contributed by atoms with van der Waals surface area (Å²) in [5.41, 5.74) is 1.17. The summed E-state index contributed by atoms with van der Waals surface area (Å²) in [6, 6.07) is 0.354. The molecule has 0 saturated carbocycles. The standard InChI is InChI=1S/C14H27N3S/c1-6-8-15-12(5)13-10-18-14(16-13)17(7-2)9-11(3)4/h10-12,15H,6-9H2,1-5H3. The lowest BCUT2D eigenvalue weighted by molar-refractivity contribution is 0.559. The highest BCUT2D eigenvalue weighted by Gasteiger charge is 2.13. The first kappa shape index (κ1) is 15.4. The molecule has 0 saturated heterocycles. The fourth-order valence-electron chi connectivity index (χ4n) is 1.87. The second-order valence-electron chi connectivity index (χ2n) is 5.16. The minimum atomic E-state index is 0.354. The van der Waals surface area contributed by atoms with Gasteiger partial charge in [0.15, 0.2) is 5.13 Å². The van der Waals surface area contributed by atoms with Crippen molar-refractivity contribution in [1.82, 2.24) is 10.3 Å². The molecule has 0 amide bonds. The molecule has 0 aliphatic carbocycles. The van der Waals surface area contributed by atoms with Gasteiger partial charge in [-0.25, -0.2) is 4.98 Å². The van der Waals surface area contributed by atoms with Gasteiger partial charge in [0.25, 0.3) is 0 Å². The molecule has 0 aliphatic rings. The van der Waals surface area contributed by atoms with Crippen LogP contribution in [0.3, 0.4) is 0 Å². The summed E-state index contributed by atoms with van der Waals surface area (Å²) in [6.07, 6.45) is 1.16. The zero-order valence-electron chi connectivity index (χ0n) is 12.4. The summed E-state index contributed by atoms with van der Waals surface area (Å²) >= 11 is 1.76. The fraction of sp³-hybridized carbons (Fsp3) is 0.786. The van der Waals surface area contributed by atoms with Crippen LogP contribution in [0, 0.1) is 5.92 Å². The molecule has 1 N–H and O–H groups in total. The van der Waals surface area contributed by atoms with Crippen LogP contribution in [0.5, 0.6) is 0 Å². The molecule has 0 aliphatic heterocycles. The monoisotopic (exact) mass is 269 g/mol. The van der Waals surface area contributed by atoms with Crippen molar-refractivity contribution >= 4 is 16.5 Å². The van der Waals surface area contributed by atoms with E-state index >= 15 is 0 Å². The molecule has 4 heteroatoms. The summed E-state index contributed by atoms with van der Waals surface area (Å²) in [6.45, 7) is 14.2. The molecular formula is C14H27N3S. The van der Waals surface area contributed by atoms with Crippen LogP contribution in [0.2, 0.25) is 0 Å². The maximum absolute atomic E-state index is 4.77. The zero-order valence-corrected chi connectivity index (χ0v) is 13.2. The van der Waals surface area contributed by atoms with Gasteiger partial charge in [0, 0.05) is 24.5 Å². The Bertz CT molecular complexity index is 336. The summed E-state index contributed by atoms with van der Waals surface area (Å²) in [5.74, 6) is 0.674. The van der Waals surface area contributed by atoms with Gasteiger partial charge in [-0.05, 0) is 32.7 Å². The molecule has 1 heterocycles. The predicted octanol–water partition coefficient (Wildman–Crippen LogP) is 3.69. The molecule has 104 valence electrons. The molecule has 1 unspecified atom stereocenters. The lowest BCUT2D eigenvalue weighted by Crippen LogP contribution is -2.27. The number of rotatable bonds is 8. The van der Waals surface area contributed by atoms with Crippen LogP contribution in [0.15, 0.2) is 5.38 Å². The lowest BCUT2D eigenvalue weighted by atomic mass is 10.2. The number of anilines is 1. The minimum absolute atomic E-state index is 0.354. The number of nitrogens with one attached hydrogen (secondary N) is 1. The molecule has 3 nitrogen and oxygen atoms in total. The van der Waals surface area contributed by atoms with Gasteiger partial charge in [-0.3, -0.25) is 0 Å². The van der Waals surface area contributed by atoms with Crippen LogP contribution in [0.4, 0.5) is 5.13 Å². The molecule has 0 fully saturated rings. The van der Waals surface area contributed by atoms with E-state index in [1.165, 1.54) is 5.69 Å². The second kappa shape index (κ2) is 7.74. The highest BCUT2D eigenvalue weighted by atomic mass is 32.1. The van der Waals surface area contributed by atoms with Crippen molar-refractivity contribution in [2.45, 2.75) is 47.1 Å². The molecule has 1 aromatic heterocycles. The minimum Gasteiger partial charge on any atom is -0.348 e. The first-order chi connectivity index (χ1) is 8.58. The molecule has 0 bridgehead atoms. The Labute approximate surface area is 116 Å². The van der Waals surface area contributed by atoms with Gasteiger partial charge >= 0.3 is 0 Å². The van der Waals surface area contributed by atoms with E-state index in [2.05, 4.69) is 50.2 Å². The number of nitrogens with zero attached hydrogens (tertiary/aromatic N) is 2. The van der Waals surface area contributed by atoms with Crippen LogP contribution in [-0.4, -0.2) is 24.6 Å². The molecular weight excluding hydrogens is 242 g/mol. The predicted molar refractivity (Wildman–Crippen MR) is 81.5 cm³/mol. The second-order valence-corrected chi connectivity index (χ2v) is 6.00. The Balaban J connectivity index is 2.65. The largest absolute Gasteiger partial charge is 0.348 e. The van der Waals surface area contributed by atoms with E-state index in [1.807, 2.05) is 0 Å². The van der Waals surface area contributed by atoms with E-state index in [4.69, 9.17) is 4.98 Å². The number of hydrogen-bond acceptors (Lipinski definition) is 4. The van der Waals surface area contributed by atoms with Gasteiger partial charge in [0.2, 0.25) is 0 Å².